The second-order valence-corrected chi connectivity index (χ2v) is 8.36. The van der Waals surface area contributed by atoms with Crippen LogP contribution in [-0.2, 0) is 12.8 Å². The van der Waals surface area contributed by atoms with Crippen molar-refractivity contribution in [3.8, 4) is 11.5 Å². The molecule has 0 radical (unpaired) electrons. The predicted octanol–water partition coefficient (Wildman–Crippen LogP) is 5.30. The summed E-state index contributed by atoms with van der Waals surface area (Å²) in [5.41, 5.74) is 4.06. The van der Waals surface area contributed by atoms with Crippen LogP contribution < -0.4 is 14.4 Å². The van der Waals surface area contributed by atoms with Gasteiger partial charge in [-0.05, 0) is 40.8 Å². The SMILES string of the molecule is CC.COc1ccc([C@@H]2CN(c3ncccn3)C[C@@H]2C)cc1OC1Cc2ccccc2C1. The smallest absolute Gasteiger partial charge is 0.225 e. The third-order valence-corrected chi connectivity index (χ3v) is 6.37. The predicted molar refractivity (Wildman–Crippen MR) is 129 cm³/mol. The van der Waals surface area contributed by atoms with E-state index in [1.54, 1.807) is 19.5 Å². The number of anilines is 1. The lowest BCUT2D eigenvalue weighted by atomic mass is 9.90. The van der Waals surface area contributed by atoms with E-state index in [0.29, 0.717) is 11.8 Å². The minimum atomic E-state index is 0.154. The number of fused-ring (bicyclic) bond motifs is 1. The molecule has 2 atom stereocenters. The van der Waals surface area contributed by atoms with Crippen molar-refractivity contribution in [2.75, 3.05) is 25.1 Å². The highest BCUT2D eigenvalue weighted by Gasteiger charge is 2.33. The van der Waals surface area contributed by atoms with E-state index in [-0.39, 0.29) is 6.10 Å². The van der Waals surface area contributed by atoms with E-state index in [4.69, 9.17) is 9.47 Å². The maximum atomic E-state index is 6.46. The first-order valence-electron chi connectivity index (χ1n) is 11.6. The molecule has 5 nitrogen and oxygen atoms in total. The third kappa shape index (κ3) is 4.57. The van der Waals surface area contributed by atoms with E-state index < -0.39 is 0 Å². The van der Waals surface area contributed by atoms with Crippen molar-refractivity contribution in [2.45, 2.75) is 45.6 Å². The van der Waals surface area contributed by atoms with Gasteiger partial charge in [-0.1, -0.05) is 51.1 Å². The van der Waals surface area contributed by atoms with E-state index in [9.17, 15) is 0 Å². The maximum Gasteiger partial charge on any atom is 0.225 e. The Morgan fingerprint density at radius 1 is 0.875 bits per heavy atom. The molecule has 1 aliphatic carbocycles. The molecule has 2 aromatic carbocycles. The van der Waals surface area contributed by atoms with Crippen molar-refractivity contribution >= 4 is 5.95 Å². The van der Waals surface area contributed by atoms with Crippen LogP contribution in [0, 0.1) is 5.92 Å². The van der Waals surface area contributed by atoms with Crippen molar-refractivity contribution in [1.82, 2.24) is 9.97 Å². The van der Waals surface area contributed by atoms with E-state index in [2.05, 4.69) is 58.2 Å². The summed E-state index contributed by atoms with van der Waals surface area (Å²) < 4.78 is 12.1. The highest BCUT2D eigenvalue weighted by molar-refractivity contribution is 5.46. The van der Waals surface area contributed by atoms with E-state index in [1.165, 1.54) is 16.7 Å². The summed E-state index contributed by atoms with van der Waals surface area (Å²) in [5.74, 6) is 3.35. The van der Waals surface area contributed by atoms with Crippen molar-refractivity contribution in [2.24, 2.45) is 5.92 Å². The minimum Gasteiger partial charge on any atom is -0.493 e. The molecule has 2 aliphatic rings. The summed E-state index contributed by atoms with van der Waals surface area (Å²) in [7, 11) is 1.71. The molecule has 2 heterocycles. The van der Waals surface area contributed by atoms with Crippen LogP contribution in [0.1, 0.15) is 43.4 Å². The Morgan fingerprint density at radius 3 is 2.22 bits per heavy atom. The van der Waals surface area contributed by atoms with E-state index in [1.807, 2.05) is 26.0 Å². The Bertz CT molecular complexity index is 999. The van der Waals surface area contributed by atoms with Gasteiger partial charge in [-0.25, -0.2) is 9.97 Å². The van der Waals surface area contributed by atoms with Gasteiger partial charge in [-0.15, -0.1) is 0 Å². The fourth-order valence-electron chi connectivity index (χ4n) is 4.82. The quantitative estimate of drug-likeness (QED) is 0.549. The molecule has 1 saturated heterocycles. The van der Waals surface area contributed by atoms with Gasteiger partial charge in [0.15, 0.2) is 11.5 Å². The number of aromatic nitrogens is 2. The Hall–Kier alpha value is -3.08. The summed E-state index contributed by atoms with van der Waals surface area (Å²) >= 11 is 0. The van der Waals surface area contributed by atoms with Gasteiger partial charge in [0.2, 0.25) is 5.95 Å². The van der Waals surface area contributed by atoms with Crippen LogP contribution in [-0.4, -0.2) is 36.3 Å². The minimum absolute atomic E-state index is 0.154. The lowest BCUT2D eigenvalue weighted by Crippen LogP contribution is -2.21. The van der Waals surface area contributed by atoms with Gasteiger partial charge < -0.3 is 14.4 Å². The second kappa shape index (κ2) is 10.0. The fourth-order valence-corrected chi connectivity index (χ4v) is 4.82. The topological polar surface area (TPSA) is 47.5 Å². The molecule has 0 unspecified atom stereocenters. The molecular formula is C27H33N3O2. The van der Waals surface area contributed by atoms with Crippen molar-refractivity contribution in [3.05, 3.63) is 77.6 Å². The molecule has 3 aromatic rings. The molecule has 1 aliphatic heterocycles. The average molecular weight is 432 g/mol. The van der Waals surface area contributed by atoms with Gasteiger partial charge in [-0.3, -0.25) is 0 Å². The molecule has 0 spiro atoms. The third-order valence-electron chi connectivity index (χ3n) is 6.37. The van der Waals surface area contributed by atoms with Gasteiger partial charge in [-0.2, -0.15) is 0 Å². The Labute approximate surface area is 191 Å². The average Bonchev–Trinajstić information content (AvgIpc) is 3.44. The van der Waals surface area contributed by atoms with E-state index >= 15 is 0 Å². The number of benzene rings is 2. The first-order chi connectivity index (χ1) is 15.7. The zero-order valence-electron chi connectivity index (χ0n) is 19.5. The highest BCUT2D eigenvalue weighted by Crippen LogP contribution is 2.39. The van der Waals surface area contributed by atoms with Gasteiger partial charge in [0.1, 0.15) is 6.10 Å². The van der Waals surface area contributed by atoms with Crippen molar-refractivity contribution in [1.29, 1.82) is 0 Å². The molecule has 0 saturated carbocycles. The maximum absolute atomic E-state index is 6.46. The molecule has 1 aromatic heterocycles. The zero-order chi connectivity index (χ0) is 22.5. The molecule has 168 valence electrons. The van der Waals surface area contributed by atoms with Crippen LogP contribution in [0.2, 0.25) is 0 Å². The first-order valence-corrected chi connectivity index (χ1v) is 11.6. The van der Waals surface area contributed by atoms with Crippen molar-refractivity contribution < 1.29 is 9.47 Å². The van der Waals surface area contributed by atoms with Crippen molar-refractivity contribution in [3.63, 3.8) is 0 Å². The normalized spacial score (nSPS) is 19.8. The van der Waals surface area contributed by atoms with Crippen LogP contribution in [0.5, 0.6) is 11.5 Å². The van der Waals surface area contributed by atoms with Gasteiger partial charge in [0, 0.05) is 44.2 Å². The Balaban J connectivity index is 0.00000119. The summed E-state index contributed by atoms with van der Waals surface area (Å²) in [6.45, 7) is 8.16. The summed E-state index contributed by atoms with van der Waals surface area (Å²) in [4.78, 5) is 11.1. The standard InChI is InChI=1S/C25H27N3O2.C2H6/c1-17-15-28(25-26-10-5-11-27-25)16-22(17)20-8-9-23(29-2)24(14-20)30-21-12-18-6-3-4-7-19(18)13-21;1-2/h3-11,14,17,21-22H,12-13,15-16H2,1-2H3;1-2H3/t17-,22+;/m0./s1. The second-order valence-electron chi connectivity index (χ2n) is 8.36. The highest BCUT2D eigenvalue weighted by atomic mass is 16.5. The molecule has 5 rings (SSSR count). The Morgan fingerprint density at radius 2 is 1.56 bits per heavy atom. The summed E-state index contributed by atoms with van der Waals surface area (Å²) in [6.07, 6.45) is 5.66. The molecule has 1 fully saturated rings. The number of hydrogen-bond donors (Lipinski definition) is 0. The molecule has 0 N–H and O–H groups in total. The van der Waals surface area contributed by atoms with Crippen LogP contribution >= 0.6 is 0 Å². The largest absolute Gasteiger partial charge is 0.493 e. The van der Waals surface area contributed by atoms with Gasteiger partial charge >= 0.3 is 0 Å². The zero-order valence-corrected chi connectivity index (χ0v) is 19.5. The number of hydrogen-bond acceptors (Lipinski definition) is 5. The number of methoxy groups -OCH3 is 1. The molecule has 32 heavy (non-hydrogen) atoms. The van der Waals surface area contributed by atoms with Crippen LogP contribution in [0.3, 0.4) is 0 Å². The van der Waals surface area contributed by atoms with Gasteiger partial charge in [0.25, 0.3) is 0 Å². The first kappa shape index (κ1) is 22.1. The van der Waals surface area contributed by atoms with E-state index in [0.717, 1.165) is 43.4 Å². The van der Waals surface area contributed by atoms with Crippen LogP contribution in [0.25, 0.3) is 0 Å². The monoisotopic (exact) mass is 431 g/mol. The molecule has 0 bridgehead atoms. The number of rotatable bonds is 5. The van der Waals surface area contributed by atoms with Crippen LogP contribution in [0.15, 0.2) is 60.9 Å². The Kier molecular flexibility index (Phi) is 6.93. The number of nitrogens with zero attached hydrogens (tertiary/aromatic N) is 3. The van der Waals surface area contributed by atoms with Gasteiger partial charge in [0.05, 0.1) is 7.11 Å². The van der Waals surface area contributed by atoms with Crippen LogP contribution in [0.4, 0.5) is 5.95 Å². The number of ether oxygens (including phenoxy) is 2. The fraction of sp³-hybridized carbons (Fsp3) is 0.407. The molecule has 5 heteroatoms. The molecular weight excluding hydrogens is 398 g/mol. The summed E-state index contributed by atoms with van der Waals surface area (Å²) in [6, 6.07) is 16.9. The lowest BCUT2D eigenvalue weighted by Gasteiger charge is -2.20. The summed E-state index contributed by atoms with van der Waals surface area (Å²) in [5, 5.41) is 0. The lowest BCUT2D eigenvalue weighted by molar-refractivity contribution is 0.204. The molecule has 0 amide bonds.